The van der Waals surface area contributed by atoms with E-state index in [2.05, 4.69) is 11.8 Å². The molecule has 2 N–H and O–H groups in total. The summed E-state index contributed by atoms with van der Waals surface area (Å²) in [5.41, 5.74) is 8.17. The highest BCUT2D eigenvalue weighted by molar-refractivity contribution is 5.26. The van der Waals surface area contributed by atoms with Gasteiger partial charge in [0.2, 0.25) is 0 Å². The van der Waals surface area contributed by atoms with E-state index >= 15 is 0 Å². The molecule has 1 aliphatic heterocycles. The maximum Gasteiger partial charge on any atom is 0.123 e. The molecule has 0 amide bonds. The standard InChI is InChI=1S/C16H25FN2/c1-3-13-6-7-19(16(8-13)10-18)11-14-9-15(17)5-4-12(14)2/h4-5,9,13,16H,3,6-8,10-11,18H2,1-2H3. The van der Waals surface area contributed by atoms with Crippen LogP contribution in [0.4, 0.5) is 4.39 Å². The van der Waals surface area contributed by atoms with Crippen LogP contribution < -0.4 is 5.73 Å². The molecule has 0 spiro atoms. The van der Waals surface area contributed by atoms with Gasteiger partial charge < -0.3 is 5.73 Å². The Morgan fingerprint density at radius 2 is 2.21 bits per heavy atom. The molecule has 1 saturated heterocycles. The van der Waals surface area contributed by atoms with Gasteiger partial charge in [-0.3, -0.25) is 4.90 Å². The van der Waals surface area contributed by atoms with Crippen molar-refractivity contribution in [2.75, 3.05) is 13.1 Å². The molecule has 0 aliphatic carbocycles. The van der Waals surface area contributed by atoms with Crippen molar-refractivity contribution in [1.29, 1.82) is 0 Å². The van der Waals surface area contributed by atoms with Crippen molar-refractivity contribution in [1.82, 2.24) is 4.90 Å². The molecule has 106 valence electrons. The maximum atomic E-state index is 13.4. The van der Waals surface area contributed by atoms with Crippen molar-refractivity contribution in [2.24, 2.45) is 11.7 Å². The molecule has 2 rings (SSSR count). The Kier molecular flexibility index (Phi) is 4.94. The SMILES string of the molecule is CCC1CCN(Cc2cc(F)ccc2C)C(CN)C1. The van der Waals surface area contributed by atoms with Crippen LogP contribution in [0, 0.1) is 18.7 Å². The van der Waals surface area contributed by atoms with Crippen molar-refractivity contribution in [3.05, 3.63) is 35.1 Å². The first-order chi connectivity index (χ1) is 9.13. The van der Waals surface area contributed by atoms with Gasteiger partial charge in [0.25, 0.3) is 0 Å². The molecule has 2 unspecified atom stereocenters. The highest BCUT2D eigenvalue weighted by Crippen LogP contribution is 2.26. The number of piperidine rings is 1. The fourth-order valence-corrected chi connectivity index (χ4v) is 3.04. The molecule has 0 bridgehead atoms. The molecular weight excluding hydrogens is 239 g/mol. The van der Waals surface area contributed by atoms with Crippen LogP contribution in [0.2, 0.25) is 0 Å². The van der Waals surface area contributed by atoms with Crippen molar-refractivity contribution in [3.63, 3.8) is 0 Å². The van der Waals surface area contributed by atoms with Gasteiger partial charge in [-0.25, -0.2) is 4.39 Å². The summed E-state index contributed by atoms with van der Waals surface area (Å²) in [6.07, 6.45) is 3.66. The zero-order chi connectivity index (χ0) is 13.8. The largest absolute Gasteiger partial charge is 0.329 e. The summed E-state index contributed by atoms with van der Waals surface area (Å²) in [6, 6.07) is 5.50. The normalized spacial score (nSPS) is 24.6. The van der Waals surface area contributed by atoms with Gasteiger partial charge in [-0.2, -0.15) is 0 Å². The molecule has 2 nitrogen and oxygen atoms in total. The average Bonchev–Trinajstić information content (AvgIpc) is 2.43. The van der Waals surface area contributed by atoms with Gasteiger partial charge in [0.1, 0.15) is 5.82 Å². The second-order valence-corrected chi connectivity index (χ2v) is 5.73. The molecule has 1 fully saturated rings. The van der Waals surface area contributed by atoms with E-state index in [1.54, 1.807) is 6.07 Å². The molecule has 19 heavy (non-hydrogen) atoms. The Hall–Kier alpha value is -0.930. The second kappa shape index (κ2) is 6.49. The molecule has 1 aliphatic rings. The van der Waals surface area contributed by atoms with Crippen LogP contribution in [0.3, 0.4) is 0 Å². The summed E-state index contributed by atoms with van der Waals surface area (Å²) in [6.45, 7) is 6.90. The number of aryl methyl sites for hydroxylation is 1. The zero-order valence-corrected chi connectivity index (χ0v) is 12.0. The first kappa shape index (κ1) is 14.5. The third-order valence-corrected chi connectivity index (χ3v) is 4.48. The van der Waals surface area contributed by atoms with Crippen LogP contribution in [0.25, 0.3) is 0 Å². The number of nitrogens with two attached hydrogens (primary N) is 1. The number of hydrogen-bond donors (Lipinski definition) is 1. The van der Waals surface area contributed by atoms with Gasteiger partial charge in [-0.05, 0) is 55.5 Å². The number of likely N-dealkylation sites (tertiary alicyclic amines) is 1. The number of benzene rings is 1. The maximum absolute atomic E-state index is 13.4. The average molecular weight is 264 g/mol. The van der Waals surface area contributed by atoms with Crippen molar-refractivity contribution < 1.29 is 4.39 Å². The molecule has 0 radical (unpaired) electrons. The monoisotopic (exact) mass is 264 g/mol. The van der Waals surface area contributed by atoms with Crippen LogP contribution >= 0.6 is 0 Å². The lowest BCUT2D eigenvalue weighted by molar-refractivity contribution is 0.107. The Balaban J connectivity index is 2.07. The van der Waals surface area contributed by atoms with Gasteiger partial charge in [0.05, 0.1) is 0 Å². The van der Waals surface area contributed by atoms with E-state index in [1.165, 1.54) is 25.3 Å². The zero-order valence-electron chi connectivity index (χ0n) is 12.0. The van der Waals surface area contributed by atoms with E-state index in [0.717, 1.165) is 30.1 Å². The molecule has 1 aromatic rings. The summed E-state index contributed by atoms with van der Waals surface area (Å²) >= 11 is 0. The fraction of sp³-hybridized carbons (Fsp3) is 0.625. The third kappa shape index (κ3) is 3.54. The molecule has 1 heterocycles. The summed E-state index contributed by atoms with van der Waals surface area (Å²) in [4.78, 5) is 2.42. The highest BCUT2D eigenvalue weighted by Gasteiger charge is 2.26. The van der Waals surface area contributed by atoms with Crippen molar-refractivity contribution in [2.45, 2.75) is 45.7 Å². The van der Waals surface area contributed by atoms with Gasteiger partial charge in [0.15, 0.2) is 0 Å². The Morgan fingerprint density at radius 1 is 1.42 bits per heavy atom. The number of nitrogens with zero attached hydrogens (tertiary/aromatic N) is 1. The minimum absolute atomic E-state index is 0.145. The molecule has 3 heteroatoms. The number of rotatable bonds is 4. The van der Waals surface area contributed by atoms with Crippen LogP contribution in [0.15, 0.2) is 18.2 Å². The summed E-state index contributed by atoms with van der Waals surface area (Å²) in [5.74, 6) is 0.659. The Morgan fingerprint density at radius 3 is 2.89 bits per heavy atom. The smallest absolute Gasteiger partial charge is 0.123 e. The van der Waals surface area contributed by atoms with E-state index in [4.69, 9.17) is 5.73 Å². The van der Waals surface area contributed by atoms with Gasteiger partial charge in [0, 0.05) is 19.1 Å². The summed E-state index contributed by atoms with van der Waals surface area (Å²) in [7, 11) is 0. The lowest BCUT2D eigenvalue weighted by Crippen LogP contribution is -2.46. The molecule has 0 aromatic heterocycles. The summed E-state index contributed by atoms with van der Waals surface area (Å²) < 4.78 is 13.4. The van der Waals surface area contributed by atoms with Crippen molar-refractivity contribution >= 4 is 0 Å². The topological polar surface area (TPSA) is 29.3 Å². The van der Waals surface area contributed by atoms with Crippen LogP contribution in [-0.2, 0) is 6.54 Å². The quantitative estimate of drug-likeness (QED) is 0.905. The predicted molar refractivity (Wildman–Crippen MR) is 77.4 cm³/mol. The van der Waals surface area contributed by atoms with E-state index < -0.39 is 0 Å². The lowest BCUT2D eigenvalue weighted by atomic mass is 9.88. The van der Waals surface area contributed by atoms with E-state index in [1.807, 2.05) is 13.0 Å². The van der Waals surface area contributed by atoms with E-state index in [9.17, 15) is 4.39 Å². The molecule has 1 aromatic carbocycles. The highest BCUT2D eigenvalue weighted by atomic mass is 19.1. The number of halogens is 1. The van der Waals surface area contributed by atoms with Crippen LogP contribution in [-0.4, -0.2) is 24.0 Å². The Bertz CT molecular complexity index is 419. The minimum atomic E-state index is -0.145. The first-order valence-electron chi connectivity index (χ1n) is 7.33. The fourth-order valence-electron chi connectivity index (χ4n) is 3.04. The molecule has 2 atom stereocenters. The molecule has 0 saturated carbocycles. The van der Waals surface area contributed by atoms with Crippen molar-refractivity contribution in [3.8, 4) is 0 Å². The van der Waals surface area contributed by atoms with Gasteiger partial charge in [-0.15, -0.1) is 0 Å². The third-order valence-electron chi connectivity index (χ3n) is 4.48. The minimum Gasteiger partial charge on any atom is -0.329 e. The van der Waals surface area contributed by atoms with Crippen LogP contribution in [0.5, 0.6) is 0 Å². The lowest BCUT2D eigenvalue weighted by Gasteiger charge is -2.39. The van der Waals surface area contributed by atoms with Gasteiger partial charge >= 0.3 is 0 Å². The number of hydrogen-bond acceptors (Lipinski definition) is 2. The second-order valence-electron chi connectivity index (χ2n) is 5.73. The summed E-state index contributed by atoms with van der Waals surface area (Å²) in [5, 5.41) is 0. The predicted octanol–water partition coefficient (Wildman–Crippen LogP) is 3.08. The van der Waals surface area contributed by atoms with Crippen LogP contribution in [0.1, 0.15) is 37.3 Å². The Labute approximate surface area is 115 Å². The molecular formula is C16H25FN2. The van der Waals surface area contributed by atoms with E-state index in [-0.39, 0.29) is 5.82 Å². The first-order valence-corrected chi connectivity index (χ1v) is 7.33. The van der Waals surface area contributed by atoms with Gasteiger partial charge in [-0.1, -0.05) is 19.4 Å². The van der Waals surface area contributed by atoms with E-state index in [0.29, 0.717) is 12.6 Å².